The monoisotopic (exact) mass is 1240 g/mol. The molecule has 28 heteroatoms. The third-order valence-corrected chi connectivity index (χ3v) is 21.4. The lowest BCUT2D eigenvalue weighted by atomic mass is 9.47. The van der Waals surface area contributed by atoms with Crippen LogP contribution in [0.3, 0.4) is 0 Å². The van der Waals surface area contributed by atoms with Crippen LogP contribution >= 0.6 is 0 Å². The van der Waals surface area contributed by atoms with Gasteiger partial charge in [0.25, 0.3) is 0 Å². The SMILES string of the molecule is C=C(CCC(C)(O)C1CCC2C3CC(OC4OC(C)C(O)C(OC5OCC(OC6OC(CO)C(O)C(O)C6OC6OC(C)C(O)C(O)C6O)C(O)C5OC5OC(C)C(O)C(O)C5O)C4O)C4CC(OS(=O)(=O)O)CCC4(C)C3=CCC21C)C(C)C. The summed E-state index contributed by atoms with van der Waals surface area (Å²) in [7, 11) is -4.87. The first-order valence-corrected chi connectivity index (χ1v) is 31.4. The van der Waals surface area contributed by atoms with Gasteiger partial charge in [-0.1, -0.05) is 51.5 Å². The fraction of sp³-hybridized carbons (Fsp3) is 0.930. The molecule has 0 amide bonds. The molecule has 3 saturated carbocycles. The van der Waals surface area contributed by atoms with Crippen LogP contribution in [0.15, 0.2) is 23.8 Å². The molecule has 0 aromatic rings. The summed E-state index contributed by atoms with van der Waals surface area (Å²) in [5, 5.41) is 145. The van der Waals surface area contributed by atoms with E-state index in [1.54, 1.807) is 0 Å². The summed E-state index contributed by atoms with van der Waals surface area (Å²) in [4.78, 5) is 0. The lowest BCUT2D eigenvalue weighted by Gasteiger charge is -2.60. The zero-order valence-corrected chi connectivity index (χ0v) is 50.3. The van der Waals surface area contributed by atoms with Gasteiger partial charge in [-0.15, -0.1) is 0 Å². The van der Waals surface area contributed by atoms with Crippen LogP contribution in [-0.4, -0.2) is 258 Å². The Morgan fingerprint density at radius 2 is 1.21 bits per heavy atom. The van der Waals surface area contributed by atoms with Crippen LogP contribution in [0.1, 0.15) is 113 Å². The molecule has 9 rings (SSSR count). The Labute approximate surface area is 495 Å². The number of allylic oxidation sites excluding steroid dienone is 3. The molecule has 0 bridgehead atoms. The zero-order valence-electron chi connectivity index (χ0n) is 49.4. The van der Waals surface area contributed by atoms with Crippen molar-refractivity contribution in [3.05, 3.63) is 23.8 Å². The molecule has 33 unspecified atom stereocenters. The molecular weight excluding hydrogens is 1150 g/mol. The Kier molecular flexibility index (Phi) is 20.9. The minimum Gasteiger partial charge on any atom is -0.394 e. The molecule has 33 atom stereocenters. The molecule has 0 spiro atoms. The highest BCUT2D eigenvalue weighted by Gasteiger charge is 2.64. The number of rotatable bonds is 18. The maximum absolute atomic E-state index is 12.4. The molecule has 0 aromatic heterocycles. The number of aliphatic hydroxyl groups excluding tert-OH is 12. The number of aliphatic hydroxyl groups is 13. The van der Waals surface area contributed by atoms with Gasteiger partial charge in [-0.2, -0.15) is 8.42 Å². The molecule has 4 aliphatic carbocycles. The van der Waals surface area contributed by atoms with Gasteiger partial charge in [0.15, 0.2) is 31.5 Å². The third-order valence-electron chi connectivity index (χ3n) is 20.9. The highest BCUT2D eigenvalue weighted by atomic mass is 32.3. The highest BCUT2D eigenvalue weighted by molar-refractivity contribution is 7.80. The molecule has 27 nitrogen and oxygen atoms in total. The topological polar surface area (TPSA) is 419 Å². The van der Waals surface area contributed by atoms with E-state index in [2.05, 4.69) is 40.3 Å². The van der Waals surface area contributed by atoms with Crippen LogP contribution in [0.4, 0.5) is 0 Å². The minimum absolute atomic E-state index is 0.0571. The highest BCUT2D eigenvalue weighted by Crippen LogP contribution is 2.67. The second-order valence-corrected chi connectivity index (χ2v) is 27.7. The molecule has 5 saturated heterocycles. The van der Waals surface area contributed by atoms with Crippen molar-refractivity contribution in [1.82, 2.24) is 0 Å². The molecule has 14 N–H and O–H groups in total. The van der Waals surface area contributed by atoms with Crippen molar-refractivity contribution >= 4 is 10.4 Å². The number of hydrogen-bond acceptors (Lipinski definition) is 26. The van der Waals surface area contributed by atoms with Crippen molar-refractivity contribution in [2.24, 2.45) is 40.4 Å². The number of fused-ring (bicyclic) bond motifs is 5. The Morgan fingerprint density at radius 3 is 1.79 bits per heavy atom. The number of hydrogen-bond donors (Lipinski definition) is 14. The lowest BCUT2D eigenvalue weighted by Crippen LogP contribution is -2.67. The summed E-state index contributed by atoms with van der Waals surface area (Å²) in [5.74, 6) is -0.257. The second kappa shape index (κ2) is 26.2. The van der Waals surface area contributed by atoms with Crippen LogP contribution in [0.5, 0.6) is 0 Å². The molecule has 490 valence electrons. The molecular formula is C57H94O27S. The predicted octanol–water partition coefficient (Wildman–Crippen LogP) is -1.69. The fourth-order valence-corrected chi connectivity index (χ4v) is 16.1. The number of ether oxygens (including phenoxy) is 10. The summed E-state index contributed by atoms with van der Waals surface area (Å²) >= 11 is 0. The van der Waals surface area contributed by atoms with E-state index in [-0.39, 0.29) is 35.5 Å². The van der Waals surface area contributed by atoms with E-state index in [1.807, 2.05) is 6.92 Å². The van der Waals surface area contributed by atoms with Crippen molar-refractivity contribution in [1.29, 1.82) is 0 Å². The van der Waals surface area contributed by atoms with Gasteiger partial charge in [-0.25, -0.2) is 4.18 Å². The first-order valence-electron chi connectivity index (χ1n) is 30.1. The standard InChI is InChI=1S/C57H94O27S/c1-22(2)23(3)12-17-57(9,70)35-11-10-29-28-19-32(31-18-27(84-85(71,72)73)13-15-55(31,7)30(28)14-16-56(29,35)8)78-52-46(69)47(38(61)26(6)77-52)81-53-48(82-50-44(67)41(64)36(59)24(4)75-50)40(63)34(21-74-53)80-54-49(43(66)39(62)33(20-58)79-54)83-51-45(68)42(65)37(60)25(5)76-51/h14,22,24-29,31-54,58-70H,3,10-13,15-21H2,1-2,4-9H3,(H,71,72,73). The summed E-state index contributed by atoms with van der Waals surface area (Å²) in [6.45, 7) is 17.4. The average Bonchev–Trinajstić information content (AvgIpc) is 1.79. The van der Waals surface area contributed by atoms with E-state index in [9.17, 15) is 79.4 Å². The maximum Gasteiger partial charge on any atom is 0.397 e. The molecule has 0 aromatic carbocycles. The maximum atomic E-state index is 12.4. The van der Waals surface area contributed by atoms with Crippen molar-refractivity contribution in [3.8, 4) is 0 Å². The lowest BCUT2D eigenvalue weighted by molar-refractivity contribution is -0.398. The van der Waals surface area contributed by atoms with E-state index in [0.29, 0.717) is 38.5 Å². The smallest absolute Gasteiger partial charge is 0.394 e. The van der Waals surface area contributed by atoms with Crippen molar-refractivity contribution in [3.63, 3.8) is 0 Å². The molecule has 0 radical (unpaired) electrons. The molecule has 5 aliphatic heterocycles. The van der Waals surface area contributed by atoms with Gasteiger partial charge in [0.2, 0.25) is 0 Å². The molecule has 9 aliphatic rings. The first-order chi connectivity index (χ1) is 39.7. The van der Waals surface area contributed by atoms with E-state index in [0.717, 1.165) is 18.4 Å². The van der Waals surface area contributed by atoms with Crippen LogP contribution in [0, 0.1) is 40.4 Å². The third kappa shape index (κ3) is 13.4. The van der Waals surface area contributed by atoms with Crippen molar-refractivity contribution in [2.45, 2.75) is 278 Å². The fourth-order valence-electron chi connectivity index (χ4n) is 15.6. The summed E-state index contributed by atoms with van der Waals surface area (Å²) in [5.41, 5.74) is 0.329. The van der Waals surface area contributed by atoms with Gasteiger partial charge in [0.05, 0.1) is 49.3 Å². The summed E-state index contributed by atoms with van der Waals surface area (Å²) < 4.78 is 101. The Morgan fingerprint density at radius 1 is 0.659 bits per heavy atom. The van der Waals surface area contributed by atoms with Gasteiger partial charge >= 0.3 is 10.4 Å². The van der Waals surface area contributed by atoms with Gasteiger partial charge in [0.1, 0.15) is 97.7 Å². The van der Waals surface area contributed by atoms with E-state index < -0.39 is 200 Å². The normalized spacial score (nSPS) is 51.3. The molecule has 8 fully saturated rings. The average molecular weight is 1240 g/mol. The minimum atomic E-state index is -4.87. The van der Waals surface area contributed by atoms with Crippen LogP contribution in [0.25, 0.3) is 0 Å². The Bertz CT molecular complexity index is 2420. The van der Waals surface area contributed by atoms with Crippen LogP contribution < -0.4 is 0 Å². The molecule has 5 heterocycles. The van der Waals surface area contributed by atoms with Gasteiger partial charge in [-0.05, 0) is 126 Å². The predicted molar refractivity (Wildman–Crippen MR) is 290 cm³/mol. The molecule has 85 heavy (non-hydrogen) atoms. The van der Waals surface area contributed by atoms with Gasteiger partial charge < -0.3 is 114 Å². The Balaban J connectivity index is 0.981. The van der Waals surface area contributed by atoms with Gasteiger partial charge in [0, 0.05) is 0 Å². The largest absolute Gasteiger partial charge is 0.397 e. The Hall–Kier alpha value is -1.57. The van der Waals surface area contributed by atoms with Crippen LogP contribution in [0.2, 0.25) is 0 Å². The van der Waals surface area contributed by atoms with Crippen molar-refractivity contribution < 1.29 is 131 Å². The van der Waals surface area contributed by atoms with E-state index >= 15 is 0 Å². The quantitative estimate of drug-likeness (QED) is 0.0538. The van der Waals surface area contributed by atoms with E-state index in [4.69, 9.17) is 51.6 Å². The van der Waals surface area contributed by atoms with Crippen LogP contribution in [-0.2, 0) is 62.0 Å². The van der Waals surface area contributed by atoms with E-state index in [1.165, 1.54) is 26.3 Å². The van der Waals surface area contributed by atoms with Gasteiger partial charge in [-0.3, -0.25) is 4.55 Å². The first kappa shape index (κ1) is 67.8. The van der Waals surface area contributed by atoms with Crippen molar-refractivity contribution in [2.75, 3.05) is 13.2 Å². The zero-order chi connectivity index (χ0) is 62.3. The summed E-state index contributed by atoms with van der Waals surface area (Å²) in [6.07, 6.45) is -35.3. The second-order valence-electron chi connectivity index (χ2n) is 26.7. The summed E-state index contributed by atoms with van der Waals surface area (Å²) in [6, 6.07) is 0.